The van der Waals surface area contributed by atoms with Gasteiger partial charge in [-0.15, -0.1) is 23.1 Å². The van der Waals surface area contributed by atoms with Gasteiger partial charge in [0.1, 0.15) is 29.1 Å². The van der Waals surface area contributed by atoms with Crippen molar-refractivity contribution in [3.63, 3.8) is 0 Å². The fraction of sp³-hybridized carbons (Fsp3) is 0.149. The predicted molar refractivity (Wildman–Crippen MR) is 231 cm³/mol. The van der Waals surface area contributed by atoms with E-state index in [1.54, 1.807) is 48.5 Å². The molecule has 5 aromatic carbocycles. The molecule has 0 saturated carbocycles. The third-order valence-corrected chi connectivity index (χ3v) is 11.7. The average Bonchev–Trinajstić information content (AvgIpc) is 3.60. The van der Waals surface area contributed by atoms with Crippen molar-refractivity contribution >= 4 is 57.6 Å². The molecule has 3 amide bonds. The lowest BCUT2D eigenvalue weighted by molar-refractivity contribution is -0.115. The predicted octanol–water partition coefficient (Wildman–Crippen LogP) is 9.29. The summed E-state index contributed by atoms with van der Waals surface area (Å²) in [7, 11) is 0. The van der Waals surface area contributed by atoms with Gasteiger partial charge >= 0.3 is 0 Å². The van der Waals surface area contributed by atoms with Gasteiger partial charge in [-0.1, -0.05) is 97.1 Å². The Hall–Kier alpha value is -6.45. The topological polar surface area (TPSA) is 124 Å². The van der Waals surface area contributed by atoms with Crippen molar-refractivity contribution < 1.29 is 19.1 Å². The molecule has 3 N–H and O–H groups in total. The summed E-state index contributed by atoms with van der Waals surface area (Å²) in [5.41, 5.74) is 5.49. The molecule has 1 aromatic heterocycles. The van der Waals surface area contributed by atoms with Crippen LogP contribution in [-0.2, 0) is 35.7 Å². The highest BCUT2D eigenvalue weighted by atomic mass is 32.2. The Bertz CT molecular complexity index is 2450. The summed E-state index contributed by atoms with van der Waals surface area (Å²) < 4.78 is 5.92. The van der Waals surface area contributed by atoms with E-state index in [1.165, 1.54) is 28.7 Å². The Kier molecular flexibility index (Phi) is 13.1. The first kappa shape index (κ1) is 39.8. The maximum Gasteiger partial charge on any atom is 0.272 e. The van der Waals surface area contributed by atoms with Crippen LogP contribution >= 0.6 is 23.1 Å². The molecule has 1 aliphatic rings. The SMILES string of the molecule is CC(Sc1cccc(NC(=O)/C(=C\c2ccc(OCc3ccccc3)cc2)NC(=O)c2ccccc2)c1)C(=O)Nc1sc2c(c1C#N)CCN(Cc1ccccc1)C2. The molecule has 0 bridgehead atoms. The number of nitrogens with one attached hydrogen (secondary N) is 3. The van der Waals surface area contributed by atoms with E-state index >= 15 is 0 Å². The Morgan fingerprint density at radius 1 is 0.862 bits per heavy atom. The van der Waals surface area contributed by atoms with Crippen LogP contribution in [-0.4, -0.2) is 34.4 Å². The van der Waals surface area contributed by atoms with E-state index in [1.807, 2.05) is 91.9 Å². The maximum absolute atomic E-state index is 13.8. The fourth-order valence-electron chi connectivity index (χ4n) is 6.47. The lowest BCUT2D eigenvalue weighted by atomic mass is 10.0. The van der Waals surface area contributed by atoms with E-state index < -0.39 is 17.1 Å². The summed E-state index contributed by atoms with van der Waals surface area (Å²) in [5, 5.41) is 18.9. The number of hydrogen-bond acceptors (Lipinski definition) is 8. The number of rotatable bonds is 14. The largest absolute Gasteiger partial charge is 0.489 e. The molecule has 11 heteroatoms. The van der Waals surface area contributed by atoms with Gasteiger partial charge in [0.15, 0.2) is 0 Å². The number of benzene rings is 5. The molecule has 0 spiro atoms. The first-order valence-corrected chi connectivity index (χ1v) is 20.6. The monoisotopic (exact) mass is 803 g/mol. The van der Waals surface area contributed by atoms with Crippen molar-refractivity contribution in [2.75, 3.05) is 17.2 Å². The highest BCUT2D eigenvalue weighted by Gasteiger charge is 2.27. The van der Waals surface area contributed by atoms with Gasteiger partial charge in [0.25, 0.3) is 11.8 Å². The van der Waals surface area contributed by atoms with Crippen molar-refractivity contribution in [2.24, 2.45) is 0 Å². The Morgan fingerprint density at radius 2 is 1.55 bits per heavy atom. The zero-order valence-corrected chi connectivity index (χ0v) is 33.4. The van der Waals surface area contributed by atoms with Crippen LogP contribution in [0.2, 0.25) is 0 Å². The molecule has 7 rings (SSSR count). The molecule has 1 unspecified atom stereocenters. The normalized spacial score (nSPS) is 13.1. The molecule has 6 aromatic rings. The molecule has 58 heavy (non-hydrogen) atoms. The lowest BCUT2D eigenvalue weighted by Gasteiger charge is -2.26. The number of carbonyl (C=O) groups is 3. The number of ether oxygens (including phenoxy) is 1. The third-order valence-electron chi connectivity index (χ3n) is 9.48. The Morgan fingerprint density at radius 3 is 2.26 bits per heavy atom. The highest BCUT2D eigenvalue weighted by molar-refractivity contribution is 8.00. The van der Waals surface area contributed by atoms with E-state index in [-0.39, 0.29) is 11.6 Å². The molecule has 0 radical (unpaired) electrons. The smallest absolute Gasteiger partial charge is 0.272 e. The first-order valence-electron chi connectivity index (χ1n) is 18.9. The number of thioether (sulfide) groups is 1. The van der Waals surface area contributed by atoms with E-state index in [4.69, 9.17) is 4.74 Å². The Labute approximate surface area is 346 Å². The van der Waals surface area contributed by atoms with Crippen molar-refractivity contribution in [1.29, 1.82) is 5.26 Å². The minimum absolute atomic E-state index is 0.0488. The van der Waals surface area contributed by atoms with Gasteiger partial charge in [-0.05, 0) is 84.1 Å². The summed E-state index contributed by atoms with van der Waals surface area (Å²) >= 11 is 2.81. The number of nitrogens with zero attached hydrogens (tertiary/aromatic N) is 2. The van der Waals surface area contributed by atoms with Gasteiger partial charge in [0.05, 0.1) is 10.8 Å². The maximum atomic E-state index is 13.8. The minimum Gasteiger partial charge on any atom is -0.489 e. The highest BCUT2D eigenvalue weighted by Crippen LogP contribution is 2.38. The summed E-state index contributed by atoms with van der Waals surface area (Å²) in [6.07, 6.45) is 2.37. The molecular weight excluding hydrogens is 763 g/mol. The number of amides is 3. The zero-order chi connectivity index (χ0) is 40.3. The number of nitriles is 1. The van der Waals surface area contributed by atoms with Gasteiger partial charge in [-0.3, -0.25) is 19.3 Å². The van der Waals surface area contributed by atoms with Gasteiger partial charge in [-0.2, -0.15) is 5.26 Å². The fourth-order valence-corrected chi connectivity index (χ4v) is 8.64. The molecule has 1 atom stereocenters. The number of hydrogen-bond donors (Lipinski definition) is 3. The molecule has 2 heterocycles. The number of anilines is 2. The van der Waals surface area contributed by atoms with Crippen molar-refractivity contribution in [2.45, 2.75) is 43.2 Å². The molecular formula is C47H41N5O4S2. The van der Waals surface area contributed by atoms with Gasteiger partial charge in [0, 0.05) is 40.7 Å². The first-order chi connectivity index (χ1) is 28.3. The number of fused-ring (bicyclic) bond motifs is 1. The molecule has 290 valence electrons. The van der Waals surface area contributed by atoms with Crippen LogP contribution in [0.15, 0.2) is 150 Å². The second kappa shape index (κ2) is 19.1. The second-order valence-corrected chi connectivity index (χ2v) is 16.2. The quantitative estimate of drug-likeness (QED) is 0.0741. The van der Waals surface area contributed by atoms with E-state index in [0.29, 0.717) is 39.7 Å². The van der Waals surface area contributed by atoms with E-state index in [9.17, 15) is 19.6 Å². The van der Waals surface area contributed by atoms with Crippen molar-refractivity contribution in [1.82, 2.24) is 10.2 Å². The number of carbonyl (C=O) groups excluding carboxylic acids is 3. The number of thiophene rings is 1. The molecule has 9 nitrogen and oxygen atoms in total. The summed E-state index contributed by atoms with van der Waals surface area (Å²) in [4.78, 5) is 44.7. The van der Waals surface area contributed by atoms with Crippen LogP contribution in [0.1, 0.15) is 50.0 Å². The van der Waals surface area contributed by atoms with Crippen LogP contribution in [0.4, 0.5) is 10.7 Å². The van der Waals surface area contributed by atoms with E-state index in [0.717, 1.165) is 47.0 Å². The van der Waals surface area contributed by atoms with Gasteiger partial charge in [0.2, 0.25) is 5.91 Å². The zero-order valence-electron chi connectivity index (χ0n) is 31.8. The van der Waals surface area contributed by atoms with Crippen LogP contribution in [0.5, 0.6) is 5.75 Å². The van der Waals surface area contributed by atoms with Crippen LogP contribution in [0.25, 0.3) is 6.08 Å². The molecule has 0 aliphatic carbocycles. The molecule has 0 saturated heterocycles. The minimum atomic E-state index is -0.519. The Balaban J connectivity index is 1.00. The molecule has 0 fully saturated rings. The molecule has 1 aliphatic heterocycles. The summed E-state index contributed by atoms with van der Waals surface area (Å²) in [6.45, 7) is 4.63. The third kappa shape index (κ3) is 10.5. The summed E-state index contributed by atoms with van der Waals surface area (Å²) in [5.74, 6) is -0.497. The van der Waals surface area contributed by atoms with Crippen molar-refractivity contribution in [3.8, 4) is 11.8 Å². The van der Waals surface area contributed by atoms with Crippen LogP contribution < -0.4 is 20.7 Å². The van der Waals surface area contributed by atoms with Crippen LogP contribution in [0.3, 0.4) is 0 Å². The van der Waals surface area contributed by atoms with Crippen LogP contribution in [0, 0.1) is 11.3 Å². The summed E-state index contributed by atoms with van der Waals surface area (Å²) in [6, 6.07) is 45.7. The lowest BCUT2D eigenvalue weighted by Crippen LogP contribution is -2.30. The van der Waals surface area contributed by atoms with E-state index in [2.05, 4.69) is 39.1 Å². The standard InChI is InChI=1S/C47H41N5O4S2/c1-32(44(53)51-47-41(28-48)40-24-25-52(30-43(40)58-47)29-34-12-5-2-6-13-34)57-39-19-11-18-37(27-39)49-46(55)42(50-45(54)36-16-9-4-10-17-36)26-33-20-22-38(23-21-33)56-31-35-14-7-3-8-15-35/h2-23,26-27,32H,24-25,29-31H2,1H3,(H,49,55)(H,50,54)(H,51,53)/b42-26+. The van der Waals surface area contributed by atoms with Gasteiger partial charge < -0.3 is 20.7 Å². The van der Waals surface area contributed by atoms with Crippen molar-refractivity contribution in [3.05, 3.63) is 183 Å². The average molecular weight is 804 g/mol. The second-order valence-electron chi connectivity index (χ2n) is 13.7. The van der Waals surface area contributed by atoms with Gasteiger partial charge in [-0.25, -0.2) is 0 Å².